The largest absolute Gasteiger partial charge is 0.349 e. The van der Waals surface area contributed by atoms with Gasteiger partial charge < -0.3 is 5.32 Å². The van der Waals surface area contributed by atoms with E-state index < -0.39 is 16.1 Å². The molecule has 7 heteroatoms. The fourth-order valence-corrected chi connectivity index (χ4v) is 3.95. The molecule has 0 radical (unpaired) electrons. The van der Waals surface area contributed by atoms with Crippen molar-refractivity contribution in [3.8, 4) is 0 Å². The second kappa shape index (κ2) is 7.40. The topological polar surface area (TPSA) is 66.5 Å². The molecule has 1 fully saturated rings. The number of sulfonamides is 1. The first kappa shape index (κ1) is 17.9. The predicted molar refractivity (Wildman–Crippen MR) is 86.7 cm³/mol. The summed E-state index contributed by atoms with van der Waals surface area (Å²) in [6, 6.07) is 5.94. The molecular weight excluding hydrogens is 319 g/mol. The Bertz CT molecular complexity index is 655. The summed E-state index contributed by atoms with van der Waals surface area (Å²) in [5.74, 6) is -0.639. The minimum Gasteiger partial charge on any atom is -0.349 e. The van der Waals surface area contributed by atoms with Gasteiger partial charge in [0.1, 0.15) is 5.82 Å². The molecule has 0 spiro atoms. The Hall–Kier alpha value is -1.47. The van der Waals surface area contributed by atoms with E-state index in [1.54, 1.807) is 32.0 Å². The smallest absolute Gasteiger partial charge is 0.223 e. The summed E-state index contributed by atoms with van der Waals surface area (Å²) in [6.45, 7) is 4.09. The Morgan fingerprint density at radius 1 is 1.35 bits per heavy atom. The summed E-state index contributed by atoms with van der Waals surface area (Å²) in [7, 11) is -3.19. The minimum atomic E-state index is -3.19. The molecule has 0 bridgehead atoms. The molecule has 0 unspecified atom stereocenters. The molecule has 5 nitrogen and oxygen atoms in total. The fourth-order valence-electron chi connectivity index (χ4n) is 2.81. The number of halogens is 1. The van der Waals surface area contributed by atoms with Gasteiger partial charge in [0.2, 0.25) is 15.9 Å². The third-order valence-electron chi connectivity index (χ3n) is 4.31. The molecule has 0 aromatic heterocycles. The second-order valence-corrected chi connectivity index (χ2v) is 8.08. The summed E-state index contributed by atoms with van der Waals surface area (Å²) >= 11 is 0. The van der Waals surface area contributed by atoms with Crippen LogP contribution in [0.3, 0.4) is 0 Å². The van der Waals surface area contributed by atoms with Crippen molar-refractivity contribution < 1.29 is 17.6 Å². The molecule has 1 atom stereocenters. The highest BCUT2D eigenvalue weighted by atomic mass is 32.2. The van der Waals surface area contributed by atoms with Crippen molar-refractivity contribution in [2.45, 2.75) is 32.7 Å². The van der Waals surface area contributed by atoms with Crippen LogP contribution >= 0.6 is 0 Å². The van der Waals surface area contributed by atoms with Crippen LogP contribution in [-0.2, 0) is 14.8 Å². The lowest BCUT2D eigenvalue weighted by Gasteiger charge is -2.31. The average molecular weight is 342 g/mol. The van der Waals surface area contributed by atoms with Crippen molar-refractivity contribution >= 4 is 15.9 Å². The van der Waals surface area contributed by atoms with Crippen LogP contribution in [0.1, 0.15) is 38.3 Å². The predicted octanol–water partition coefficient (Wildman–Crippen LogP) is 2.06. The van der Waals surface area contributed by atoms with Crippen molar-refractivity contribution in [1.82, 2.24) is 9.62 Å². The zero-order valence-corrected chi connectivity index (χ0v) is 14.3. The number of rotatable bonds is 5. The SMILES string of the molecule is CCS(=O)(=O)N1CCC(C(=O)N[C@@H](C)c2ccccc2F)CC1. The molecule has 0 saturated carbocycles. The zero-order valence-electron chi connectivity index (χ0n) is 13.5. The highest BCUT2D eigenvalue weighted by Gasteiger charge is 2.30. The standard InChI is InChI=1S/C16H23FN2O3S/c1-3-23(21,22)19-10-8-13(9-11-19)16(20)18-12(2)14-6-4-5-7-15(14)17/h4-7,12-13H,3,8-11H2,1-2H3,(H,18,20)/t12-/m0/s1. The lowest BCUT2D eigenvalue weighted by molar-refractivity contribution is -0.126. The molecule has 1 amide bonds. The Labute approximate surface area is 136 Å². The lowest BCUT2D eigenvalue weighted by Crippen LogP contribution is -2.43. The van der Waals surface area contributed by atoms with E-state index in [0.717, 1.165) is 0 Å². The minimum absolute atomic E-state index is 0.0776. The van der Waals surface area contributed by atoms with Gasteiger partial charge in [0.15, 0.2) is 0 Å². The Balaban J connectivity index is 1.92. The average Bonchev–Trinajstić information content (AvgIpc) is 2.55. The molecule has 2 rings (SSSR count). The van der Waals surface area contributed by atoms with Gasteiger partial charge in [0.05, 0.1) is 11.8 Å². The number of hydrogen-bond donors (Lipinski definition) is 1. The van der Waals surface area contributed by atoms with E-state index in [2.05, 4.69) is 5.32 Å². The van der Waals surface area contributed by atoms with Crippen LogP contribution in [0.4, 0.5) is 4.39 Å². The maximum Gasteiger partial charge on any atom is 0.223 e. The van der Waals surface area contributed by atoms with E-state index in [0.29, 0.717) is 31.5 Å². The normalized spacial score (nSPS) is 18.6. The van der Waals surface area contributed by atoms with E-state index in [1.165, 1.54) is 10.4 Å². The van der Waals surface area contributed by atoms with Gasteiger partial charge in [-0.05, 0) is 32.8 Å². The first-order valence-electron chi connectivity index (χ1n) is 7.87. The second-order valence-electron chi connectivity index (χ2n) is 5.83. The molecule has 1 saturated heterocycles. The number of amides is 1. The van der Waals surface area contributed by atoms with Gasteiger partial charge in [-0.25, -0.2) is 17.1 Å². The van der Waals surface area contributed by atoms with E-state index in [-0.39, 0.29) is 23.4 Å². The van der Waals surface area contributed by atoms with Gasteiger partial charge in [-0.3, -0.25) is 4.79 Å². The summed E-state index contributed by atoms with van der Waals surface area (Å²) in [6.07, 6.45) is 0.990. The van der Waals surface area contributed by atoms with E-state index in [4.69, 9.17) is 0 Å². The van der Waals surface area contributed by atoms with Crippen LogP contribution in [0.15, 0.2) is 24.3 Å². The summed E-state index contributed by atoms with van der Waals surface area (Å²) < 4.78 is 38.8. The number of nitrogens with zero attached hydrogens (tertiary/aromatic N) is 1. The van der Waals surface area contributed by atoms with E-state index >= 15 is 0 Å². The third-order valence-corrected chi connectivity index (χ3v) is 6.19. The third kappa shape index (κ3) is 4.29. The summed E-state index contributed by atoms with van der Waals surface area (Å²) in [5.41, 5.74) is 0.451. The number of piperidine rings is 1. The molecule has 1 aromatic rings. The molecule has 1 aromatic carbocycles. The van der Waals surface area contributed by atoms with Crippen LogP contribution in [0.5, 0.6) is 0 Å². The van der Waals surface area contributed by atoms with Gasteiger partial charge >= 0.3 is 0 Å². The number of hydrogen-bond acceptors (Lipinski definition) is 3. The van der Waals surface area contributed by atoms with Crippen LogP contribution in [0.25, 0.3) is 0 Å². The summed E-state index contributed by atoms with van der Waals surface area (Å²) in [4.78, 5) is 12.3. The van der Waals surface area contributed by atoms with E-state index in [9.17, 15) is 17.6 Å². The van der Waals surface area contributed by atoms with Gasteiger partial charge in [-0.15, -0.1) is 0 Å². The Morgan fingerprint density at radius 2 is 1.96 bits per heavy atom. The van der Waals surface area contributed by atoms with Gasteiger partial charge in [0, 0.05) is 24.6 Å². The Kier molecular flexibility index (Phi) is 5.75. The van der Waals surface area contributed by atoms with Crippen molar-refractivity contribution in [3.63, 3.8) is 0 Å². The van der Waals surface area contributed by atoms with Gasteiger partial charge in [-0.1, -0.05) is 18.2 Å². The highest BCUT2D eigenvalue weighted by molar-refractivity contribution is 7.89. The van der Waals surface area contributed by atoms with Crippen molar-refractivity contribution in [2.24, 2.45) is 5.92 Å². The van der Waals surface area contributed by atoms with Crippen LogP contribution in [0, 0.1) is 11.7 Å². The molecule has 1 aliphatic rings. The number of carbonyl (C=O) groups excluding carboxylic acids is 1. The first-order chi connectivity index (χ1) is 10.8. The van der Waals surface area contributed by atoms with Crippen LogP contribution in [0.2, 0.25) is 0 Å². The van der Waals surface area contributed by atoms with Crippen molar-refractivity contribution in [1.29, 1.82) is 0 Å². The maximum absolute atomic E-state index is 13.7. The fraction of sp³-hybridized carbons (Fsp3) is 0.562. The van der Waals surface area contributed by atoms with Crippen LogP contribution in [-0.4, -0.2) is 37.5 Å². The molecule has 1 aliphatic heterocycles. The van der Waals surface area contributed by atoms with Gasteiger partial charge in [-0.2, -0.15) is 0 Å². The van der Waals surface area contributed by atoms with Gasteiger partial charge in [0.25, 0.3) is 0 Å². The van der Waals surface area contributed by atoms with Crippen molar-refractivity contribution in [3.05, 3.63) is 35.6 Å². The zero-order chi connectivity index (χ0) is 17.0. The monoisotopic (exact) mass is 342 g/mol. The molecule has 128 valence electrons. The molecule has 1 N–H and O–H groups in total. The molecular formula is C16H23FN2O3S. The van der Waals surface area contributed by atoms with E-state index in [1.807, 2.05) is 0 Å². The summed E-state index contributed by atoms with van der Waals surface area (Å²) in [5, 5.41) is 2.83. The number of carbonyl (C=O) groups is 1. The molecule has 1 heterocycles. The lowest BCUT2D eigenvalue weighted by atomic mass is 9.96. The highest BCUT2D eigenvalue weighted by Crippen LogP contribution is 2.22. The Morgan fingerprint density at radius 3 is 2.52 bits per heavy atom. The first-order valence-corrected chi connectivity index (χ1v) is 9.48. The molecule has 23 heavy (non-hydrogen) atoms. The molecule has 0 aliphatic carbocycles. The quantitative estimate of drug-likeness (QED) is 0.891. The van der Waals surface area contributed by atoms with Crippen LogP contribution < -0.4 is 5.32 Å². The van der Waals surface area contributed by atoms with Crippen molar-refractivity contribution in [2.75, 3.05) is 18.8 Å². The number of nitrogens with one attached hydrogen (secondary N) is 1. The maximum atomic E-state index is 13.7. The number of benzene rings is 1.